The highest BCUT2D eigenvalue weighted by atomic mass is 19.1. The lowest BCUT2D eigenvalue weighted by Crippen LogP contribution is -2.24. The second-order valence-corrected chi connectivity index (χ2v) is 4.75. The third kappa shape index (κ3) is 4.48. The maximum Gasteiger partial charge on any atom is 0.273 e. The molecule has 0 aromatic heterocycles. The second-order valence-electron chi connectivity index (χ2n) is 4.75. The normalized spacial score (nSPS) is 14.5. The van der Waals surface area contributed by atoms with Crippen molar-refractivity contribution < 1.29 is 9.18 Å². The van der Waals surface area contributed by atoms with Crippen molar-refractivity contribution in [2.24, 2.45) is 5.73 Å². The van der Waals surface area contributed by atoms with E-state index >= 15 is 0 Å². The van der Waals surface area contributed by atoms with Crippen LogP contribution in [0.1, 0.15) is 45.1 Å². The molecule has 2 rings (SSSR count). The average molecular weight is 293 g/mol. The number of nitrogens with one attached hydrogen (secondary N) is 2. The first kappa shape index (κ1) is 17.0. The topological polar surface area (TPSA) is 67.1 Å². The summed E-state index contributed by atoms with van der Waals surface area (Å²) in [5.74, 6) is -0.306. The molecule has 1 saturated carbocycles. The van der Waals surface area contributed by atoms with Crippen molar-refractivity contribution in [1.82, 2.24) is 5.32 Å². The van der Waals surface area contributed by atoms with Gasteiger partial charge in [0.15, 0.2) is 0 Å². The summed E-state index contributed by atoms with van der Waals surface area (Å²) in [5.41, 5.74) is 7.66. The van der Waals surface area contributed by atoms with Crippen LogP contribution in [0.25, 0.3) is 0 Å². The number of nitrogens with two attached hydrogens (primary N) is 1. The Morgan fingerprint density at radius 2 is 1.95 bits per heavy atom. The quantitative estimate of drug-likeness (QED) is 0.747. The van der Waals surface area contributed by atoms with Gasteiger partial charge < -0.3 is 16.4 Å². The van der Waals surface area contributed by atoms with E-state index in [9.17, 15) is 9.18 Å². The lowest BCUT2D eigenvalue weighted by molar-refractivity contribution is -0.113. The first-order valence-electron chi connectivity index (χ1n) is 7.27. The van der Waals surface area contributed by atoms with Crippen molar-refractivity contribution in [2.45, 2.75) is 39.5 Å². The molecule has 0 saturated heterocycles. The van der Waals surface area contributed by atoms with Crippen LogP contribution in [-0.4, -0.2) is 13.0 Å². The highest BCUT2D eigenvalue weighted by Crippen LogP contribution is 2.42. The summed E-state index contributed by atoms with van der Waals surface area (Å²) in [4.78, 5) is 11.9. The Labute approximate surface area is 125 Å². The summed E-state index contributed by atoms with van der Waals surface area (Å²) in [5, 5.41) is 5.49. The SMILES string of the molecule is CC.CN/C(C)=C(/N)C(=O)Nc1ccc(F)c(C2CC2)c1. The Kier molecular flexibility index (Phi) is 6.21. The number of hydrogen-bond donors (Lipinski definition) is 3. The van der Waals surface area contributed by atoms with Gasteiger partial charge in [-0.05, 0) is 49.4 Å². The van der Waals surface area contributed by atoms with E-state index in [1.54, 1.807) is 26.1 Å². The molecule has 0 atom stereocenters. The molecule has 0 bridgehead atoms. The van der Waals surface area contributed by atoms with Crippen LogP contribution in [0.3, 0.4) is 0 Å². The van der Waals surface area contributed by atoms with Crippen LogP contribution in [0.5, 0.6) is 0 Å². The number of anilines is 1. The maximum absolute atomic E-state index is 13.6. The molecule has 1 aromatic carbocycles. The molecular weight excluding hydrogens is 269 g/mol. The summed E-state index contributed by atoms with van der Waals surface area (Å²) >= 11 is 0. The third-order valence-corrected chi connectivity index (χ3v) is 3.29. The smallest absolute Gasteiger partial charge is 0.273 e. The predicted molar refractivity (Wildman–Crippen MR) is 84.3 cm³/mol. The van der Waals surface area contributed by atoms with E-state index in [1.807, 2.05) is 13.8 Å². The number of benzene rings is 1. The van der Waals surface area contributed by atoms with Gasteiger partial charge in [-0.15, -0.1) is 0 Å². The molecule has 0 radical (unpaired) electrons. The maximum atomic E-state index is 13.6. The fraction of sp³-hybridized carbons (Fsp3) is 0.438. The number of allylic oxidation sites excluding steroid dienone is 1. The van der Waals surface area contributed by atoms with Crippen LogP contribution in [0.4, 0.5) is 10.1 Å². The van der Waals surface area contributed by atoms with Crippen LogP contribution in [0.2, 0.25) is 0 Å². The van der Waals surface area contributed by atoms with E-state index in [1.165, 1.54) is 6.07 Å². The largest absolute Gasteiger partial charge is 0.393 e. The van der Waals surface area contributed by atoms with Crippen LogP contribution in [-0.2, 0) is 4.79 Å². The lowest BCUT2D eigenvalue weighted by Gasteiger charge is -2.10. The minimum Gasteiger partial charge on any atom is -0.393 e. The van der Waals surface area contributed by atoms with Gasteiger partial charge in [0, 0.05) is 18.4 Å². The number of hydrogen-bond acceptors (Lipinski definition) is 3. The molecule has 1 aliphatic carbocycles. The molecule has 1 aliphatic rings. The second kappa shape index (κ2) is 7.67. The van der Waals surface area contributed by atoms with Crippen molar-refractivity contribution in [3.05, 3.63) is 41.0 Å². The summed E-state index contributed by atoms with van der Waals surface area (Å²) in [7, 11) is 1.69. The van der Waals surface area contributed by atoms with Gasteiger partial charge in [-0.25, -0.2) is 4.39 Å². The van der Waals surface area contributed by atoms with Crippen LogP contribution < -0.4 is 16.4 Å². The molecular formula is C16H24FN3O. The third-order valence-electron chi connectivity index (χ3n) is 3.29. The molecule has 0 aliphatic heterocycles. The van der Waals surface area contributed by atoms with Crippen molar-refractivity contribution in [1.29, 1.82) is 0 Å². The number of carbonyl (C=O) groups excluding carboxylic acids is 1. The summed E-state index contributed by atoms with van der Waals surface area (Å²) in [6.45, 7) is 5.72. The van der Waals surface area contributed by atoms with Gasteiger partial charge >= 0.3 is 0 Å². The van der Waals surface area contributed by atoms with Crippen molar-refractivity contribution >= 4 is 11.6 Å². The van der Waals surface area contributed by atoms with E-state index in [2.05, 4.69) is 10.6 Å². The predicted octanol–water partition coefficient (Wildman–Crippen LogP) is 3.08. The number of rotatable bonds is 4. The van der Waals surface area contributed by atoms with E-state index < -0.39 is 0 Å². The zero-order valence-corrected chi connectivity index (χ0v) is 13.1. The molecule has 1 amide bonds. The van der Waals surface area contributed by atoms with Crippen LogP contribution in [0, 0.1) is 5.82 Å². The van der Waals surface area contributed by atoms with E-state index in [4.69, 9.17) is 5.73 Å². The summed E-state index contributed by atoms with van der Waals surface area (Å²) < 4.78 is 13.6. The molecule has 4 N–H and O–H groups in total. The van der Waals surface area contributed by atoms with Gasteiger partial charge in [-0.3, -0.25) is 4.79 Å². The highest BCUT2D eigenvalue weighted by Gasteiger charge is 2.26. The minimum absolute atomic E-state index is 0.125. The van der Waals surface area contributed by atoms with Gasteiger partial charge in [0.25, 0.3) is 5.91 Å². The van der Waals surface area contributed by atoms with Crippen molar-refractivity contribution in [3.8, 4) is 0 Å². The standard InChI is InChI=1S/C14H18FN3O.C2H6/c1-8(17-2)13(16)14(19)18-10-5-6-12(15)11(7-10)9-3-4-9;1-2/h5-7,9,17H,3-4,16H2,1-2H3,(H,18,19);1-2H3/b13-8+;. The van der Waals surface area contributed by atoms with Crippen LogP contribution >= 0.6 is 0 Å². The zero-order chi connectivity index (χ0) is 16.0. The fourth-order valence-corrected chi connectivity index (χ4v) is 1.83. The molecule has 0 heterocycles. The van der Waals surface area contributed by atoms with Gasteiger partial charge in [-0.2, -0.15) is 0 Å². The minimum atomic E-state index is -0.389. The molecule has 5 heteroatoms. The fourth-order valence-electron chi connectivity index (χ4n) is 1.83. The zero-order valence-electron chi connectivity index (χ0n) is 13.1. The molecule has 0 unspecified atom stereocenters. The Balaban J connectivity index is 0.00000106. The summed E-state index contributed by atoms with van der Waals surface area (Å²) in [6.07, 6.45) is 2.02. The summed E-state index contributed by atoms with van der Waals surface area (Å²) in [6, 6.07) is 4.61. The van der Waals surface area contributed by atoms with Crippen LogP contribution in [0.15, 0.2) is 29.6 Å². The van der Waals surface area contributed by atoms with Crippen molar-refractivity contribution in [3.63, 3.8) is 0 Å². The van der Waals surface area contributed by atoms with Crippen molar-refractivity contribution in [2.75, 3.05) is 12.4 Å². The monoisotopic (exact) mass is 293 g/mol. The first-order chi connectivity index (χ1) is 10.0. The molecule has 1 fully saturated rings. The molecule has 0 spiro atoms. The van der Waals surface area contributed by atoms with E-state index in [0.717, 1.165) is 12.8 Å². The Morgan fingerprint density at radius 1 is 1.33 bits per heavy atom. The molecule has 4 nitrogen and oxygen atoms in total. The Morgan fingerprint density at radius 3 is 2.48 bits per heavy atom. The number of carbonyl (C=O) groups is 1. The van der Waals surface area contributed by atoms with Gasteiger partial charge in [-0.1, -0.05) is 13.8 Å². The van der Waals surface area contributed by atoms with E-state index in [0.29, 0.717) is 22.9 Å². The van der Waals surface area contributed by atoms with E-state index in [-0.39, 0.29) is 17.4 Å². The Hall–Kier alpha value is -2.04. The lowest BCUT2D eigenvalue weighted by atomic mass is 10.1. The highest BCUT2D eigenvalue weighted by molar-refractivity contribution is 6.03. The van der Waals surface area contributed by atoms with Gasteiger partial charge in [0.2, 0.25) is 0 Å². The Bertz CT molecular complexity index is 536. The number of amides is 1. The van der Waals surface area contributed by atoms with Gasteiger partial charge in [0.05, 0.1) is 0 Å². The molecule has 116 valence electrons. The molecule has 21 heavy (non-hydrogen) atoms. The molecule has 1 aromatic rings. The first-order valence-corrected chi connectivity index (χ1v) is 7.27. The average Bonchev–Trinajstić information content (AvgIpc) is 3.34. The van der Waals surface area contributed by atoms with Gasteiger partial charge in [0.1, 0.15) is 11.5 Å². The number of halogens is 1.